The van der Waals surface area contributed by atoms with Crippen LogP contribution in [0.15, 0.2) is 36.5 Å². The third-order valence-corrected chi connectivity index (χ3v) is 3.02. The fourth-order valence-corrected chi connectivity index (χ4v) is 1.89. The van der Waals surface area contributed by atoms with Crippen LogP contribution in [0.3, 0.4) is 0 Å². The molecule has 0 aliphatic heterocycles. The second kappa shape index (κ2) is 5.90. The van der Waals surface area contributed by atoms with Crippen molar-refractivity contribution >= 4 is 40.7 Å². The van der Waals surface area contributed by atoms with Gasteiger partial charge in [0.2, 0.25) is 5.91 Å². The number of primary amides is 1. The lowest BCUT2D eigenvalue weighted by Crippen LogP contribution is -2.14. The normalized spacial score (nSPS) is 10.1. The Morgan fingerprint density at radius 3 is 2.45 bits per heavy atom. The summed E-state index contributed by atoms with van der Waals surface area (Å²) in [6.45, 7) is 0. The Morgan fingerprint density at radius 2 is 1.90 bits per heavy atom. The molecule has 0 spiro atoms. The number of amides is 2. The second-order valence-electron chi connectivity index (χ2n) is 3.88. The van der Waals surface area contributed by atoms with E-state index in [1.165, 1.54) is 30.5 Å². The van der Waals surface area contributed by atoms with E-state index in [-0.39, 0.29) is 16.5 Å². The molecule has 0 aliphatic carbocycles. The highest BCUT2D eigenvalue weighted by molar-refractivity contribution is 6.34. The molecular formula is C13H9Cl2N3O2. The molecule has 2 amide bonds. The Hall–Kier alpha value is -2.11. The molecule has 0 atom stereocenters. The molecule has 7 heteroatoms. The first-order valence-electron chi connectivity index (χ1n) is 5.49. The Bertz CT molecular complexity index is 672. The lowest BCUT2D eigenvalue weighted by Gasteiger charge is -2.07. The van der Waals surface area contributed by atoms with Crippen molar-refractivity contribution in [2.45, 2.75) is 0 Å². The molecule has 0 bridgehead atoms. The predicted molar refractivity (Wildman–Crippen MR) is 77.2 cm³/mol. The smallest absolute Gasteiger partial charge is 0.257 e. The number of carbonyl (C=O) groups excluding carboxylic acids is 2. The summed E-state index contributed by atoms with van der Waals surface area (Å²) < 4.78 is 0. The summed E-state index contributed by atoms with van der Waals surface area (Å²) in [4.78, 5) is 26.8. The van der Waals surface area contributed by atoms with Crippen molar-refractivity contribution in [2.75, 3.05) is 5.32 Å². The first-order chi connectivity index (χ1) is 9.47. The summed E-state index contributed by atoms with van der Waals surface area (Å²) in [5.41, 5.74) is 6.13. The Kier molecular flexibility index (Phi) is 4.22. The van der Waals surface area contributed by atoms with Crippen molar-refractivity contribution in [3.05, 3.63) is 57.8 Å². The van der Waals surface area contributed by atoms with Gasteiger partial charge in [-0.05, 0) is 30.3 Å². The van der Waals surface area contributed by atoms with Gasteiger partial charge in [-0.25, -0.2) is 4.98 Å². The molecule has 5 nitrogen and oxygen atoms in total. The number of halogens is 2. The van der Waals surface area contributed by atoms with Crippen LogP contribution in [0.2, 0.25) is 10.2 Å². The van der Waals surface area contributed by atoms with Crippen molar-refractivity contribution in [3.63, 3.8) is 0 Å². The molecule has 1 aromatic heterocycles. The van der Waals surface area contributed by atoms with Crippen LogP contribution in [0.25, 0.3) is 0 Å². The van der Waals surface area contributed by atoms with Crippen molar-refractivity contribution < 1.29 is 9.59 Å². The van der Waals surface area contributed by atoms with Crippen molar-refractivity contribution in [2.24, 2.45) is 5.73 Å². The molecule has 0 saturated heterocycles. The summed E-state index contributed by atoms with van der Waals surface area (Å²) in [7, 11) is 0. The first-order valence-corrected chi connectivity index (χ1v) is 6.25. The maximum absolute atomic E-state index is 11.9. The number of benzene rings is 1. The van der Waals surface area contributed by atoms with Crippen LogP contribution < -0.4 is 11.1 Å². The van der Waals surface area contributed by atoms with E-state index in [9.17, 15) is 9.59 Å². The number of nitrogens with zero attached hydrogens (tertiary/aromatic N) is 1. The summed E-state index contributed by atoms with van der Waals surface area (Å²) in [6.07, 6.45) is 1.36. The standard InChI is InChI=1S/C13H9Cl2N3O2/c14-10-5-8(2-3-9(10)12(16)19)18-13(20)7-1-4-11(15)17-6-7/h1-6H,(H2,16,19)(H,18,20). The number of rotatable bonds is 3. The molecule has 3 N–H and O–H groups in total. The van der Waals surface area contributed by atoms with Gasteiger partial charge in [0.25, 0.3) is 5.91 Å². The van der Waals surface area contributed by atoms with E-state index in [2.05, 4.69) is 10.3 Å². The van der Waals surface area contributed by atoms with Crippen LogP contribution >= 0.6 is 23.2 Å². The number of anilines is 1. The number of pyridine rings is 1. The minimum Gasteiger partial charge on any atom is -0.366 e. The molecule has 2 aromatic rings. The van der Waals surface area contributed by atoms with Gasteiger partial charge in [-0.1, -0.05) is 23.2 Å². The highest BCUT2D eigenvalue weighted by Gasteiger charge is 2.10. The van der Waals surface area contributed by atoms with Gasteiger partial charge in [0, 0.05) is 11.9 Å². The Morgan fingerprint density at radius 1 is 1.15 bits per heavy atom. The van der Waals surface area contributed by atoms with Crippen LogP contribution in [0.5, 0.6) is 0 Å². The number of hydrogen-bond donors (Lipinski definition) is 2. The van der Waals surface area contributed by atoms with Crippen LogP contribution in [0, 0.1) is 0 Å². The zero-order valence-corrected chi connectivity index (χ0v) is 11.6. The molecular weight excluding hydrogens is 301 g/mol. The Balaban J connectivity index is 2.18. The number of carbonyl (C=O) groups is 2. The lowest BCUT2D eigenvalue weighted by molar-refractivity contribution is 0.0998. The van der Waals surface area contributed by atoms with E-state index < -0.39 is 5.91 Å². The van der Waals surface area contributed by atoms with E-state index in [1.807, 2.05) is 0 Å². The minimum atomic E-state index is -0.630. The topological polar surface area (TPSA) is 85.1 Å². The molecule has 102 valence electrons. The average Bonchev–Trinajstić information content (AvgIpc) is 2.39. The van der Waals surface area contributed by atoms with Crippen molar-refractivity contribution in [1.29, 1.82) is 0 Å². The monoisotopic (exact) mass is 309 g/mol. The zero-order valence-electron chi connectivity index (χ0n) is 10.1. The van der Waals surface area contributed by atoms with E-state index in [1.54, 1.807) is 6.07 Å². The maximum atomic E-state index is 11.9. The molecule has 20 heavy (non-hydrogen) atoms. The van der Waals surface area contributed by atoms with E-state index >= 15 is 0 Å². The fraction of sp³-hybridized carbons (Fsp3) is 0. The molecule has 1 heterocycles. The molecule has 0 saturated carbocycles. The Labute approximate surface area is 124 Å². The molecule has 2 rings (SSSR count). The van der Waals surface area contributed by atoms with E-state index in [4.69, 9.17) is 28.9 Å². The van der Waals surface area contributed by atoms with Crippen LogP contribution in [0.1, 0.15) is 20.7 Å². The summed E-state index contributed by atoms with van der Waals surface area (Å²) in [5.74, 6) is -0.994. The summed E-state index contributed by atoms with van der Waals surface area (Å²) in [6, 6.07) is 7.49. The molecule has 0 unspecified atom stereocenters. The molecule has 0 radical (unpaired) electrons. The lowest BCUT2D eigenvalue weighted by atomic mass is 10.2. The highest BCUT2D eigenvalue weighted by Crippen LogP contribution is 2.21. The van der Waals surface area contributed by atoms with Gasteiger partial charge in [-0.15, -0.1) is 0 Å². The van der Waals surface area contributed by atoms with Gasteiger partial charge in [-0.2, -0.15) is 0 Å². The fourth-order valence-electron chi connectivity index (χ4n) is 1.51. The van der Waals surface area contributed by atoms with Crippen LogP contribution in [-0.4, -0.2) is 16.8 Å². The van der Waals surface area contributed by atoms with Gasteiger partial charge in [0.15, 0.2) is 0 Å². The van der Waals surface area contributed by atoms with Crippen molar-refractivity contribution in [1.82, 2.24) is 4.98 Å². The summed E-state index contributed by atoms with van der Waals surface area (Å²) >= 11 is 11.5. The third kappa shape index (κ3) is 3.26. The quantitative estimate of drug-likeness (QED) is 0.855. The number of aromatic nitrogens is 1. The number of hydrogen-bond acceptors (Lipinski definition) is 3. The first kappa shape index (κ1) is 14.3. The van der Waals surface area contributed by atoms with Gasteiger partial charge in [-0.3, -0.25) is 9.59 Å². The average molecular weight is 310 g/mol. The molecule has 1 aromatic carbocycles. The molecule has 0 fully saturated rings. The van der Waals surface area contributed by atoms with Gasteiger partial charge < -0.3 is 11.1 Å². The van der Waals surface area contributed by atoms with E-state index in [0.29, 0.717) is 16.4 Å². The number of nitrogens with one attached hydrogen (secondary N) is 1. The largest absolute Gasteiger partial charge is 0.366 e. The zero-order chi connectivity index (χ0) is 14.7. The minimum absolute atomic E-state index is 0.171. The summed E-state index contributed by atoms with van der Waals surface area (Å²) in [5, 5.41) is 3.10. The SMILES string of the molecule is NC(=O)c1ccc(NC(=O)c2ccc(Cl)nc2)cc1Cl. The van der Waals surface area contributed by atoms with Gasteiger partial charge in [0.05, 0.1) is 16.1 Å². The third-order valence-electron chi connectivity index (χ3n) is 2.48. The number of nitrogens with two attached hydrogens (primary N) is 1. The van der Waals surface area contributed by atoms with Gasteiger partial charge >= 0.3 is 0 Å². The predicted octanol–water partition coefficient (Wildman–Crippen LogP) is 2.74. The second-order valence-corrected chi connectivity index (χ2v) is 4.68. The molecule has 0 aliphatic rings. The van der Waals surface area contributed by atoms with Crippen LogP contribution in [0.4, 0.5) is 5.69 Å². The van der Waals surface area contributed by atoms with Gasteiger partial charge in [0.1, 0.15) is 5.15 Å². The van der Waals surface area contributed by atoms with Crippen molar-refractivity contribution in [3.8, 4) is 0 Å². The maximum Gasteiger partial charge on any atom is 0.257 e. The van der Waals surface area contributed by atoms with Crippen LogP contribution in [-0.2, 0) is 0 Å². The highest BCUT2D eigenvalue weighted by atomic mass is 35.5. The van der Waals surface area contributed by atoms with E-state index in [0.717, 1.165) is 0 Å².